The number of rotatable bonds is 2. The molecule has 0 spiro atoms. The molecule has 0 saturated heterocycles. The minimum absolute atomic E-state index is 0.509. The Bertz CT molecular complexity index is 479. The van der Waals surface area contributed by atoms with Crippen molar-refractivity contribution >= 4 is 29.0 Å². The fourth-order valence-corrected chi connectivity index (χ4v) is 1.61. The Kier molecular flexibility index (Phi) is 2.84. The lowest BCUT2D eigenvalue weighted by Gasteiger charge is -2.03. The molecule has 0 unspecified atom stereocenters. The maximum atomic E-state index is 5.90. The molecule has 2 rings (SSSR count). The SMILES string of the molecule is Nc1ccn(Cc2ccc(Cl)c(Cl)c2)n1. The van der Waals surface area contributed by atoms with E-state index in [1.54, 1.807) is 16.8 Å². The summed E-state index contributed by atoms with van der Waals surface area (Å²) in [6, 6.07) is 7.25. The summed E-state index contributed by atoms with van der Waals surface area (Å²) in [6.45, 7) is 0.633. The van der Waals surface area contributed by atoms with Crippen LogP contribution in [-0.2, 0) is 6.54 Å². The van der Waals surface area contributed by atoms with Crippen molar-refractivity contribution in [3.05, 3.63) is 46.1 Å². The standard InChI is InChI=1S/C10H9Cl2N3/c11-8-2-1-7(5-9(8)12)6-15-4-3-10(13)14-15/h1-5H,6H2,(H2,13,14). The highest BCUT2D eigenvalue weighted by Crippen LogP contribution is 2.22. The van der Waals surface area contributed by atoms with E-state index < -0.39 is 0 Å². The molecule has 2 N–H and O–H groups in total. The summed E-state index contributed by atoms with van der Waals surface area (Å²) < 4.78 is 1.74. The minimum Gasteiger partial charge on any atom is -0.382 e. The van der Waals surface area contributed by atoms with E-state index >= 15 is 0 Å². The summed E-state index contributed by atoms with van der Waals surface area (Å²) in [7, 11) is 0. The maximum absolute atomic E-state index is 5.90. The van der Waals surface area contributed by atoms with Gasteiger partial charge in [0.2, 0.25) is 0 Å². The average molecular weight is 242 g/mol. The van der Waals surface area contributed by atoms with Crippen molar-refractivity contribution in [3.63, 3.8) is 0 Å². The molecule has 0 aliphatic carbocycles. The lowest BCUT2D eigenvalue weighted by molar-refractivity contribution is 0.690. The fourth-order valence-electron chi connectivity index (χ4n) is 1.29. The summed E-state index contributed by atoms with van der Waals surface area (Å²) in [5, 5.41) is 5.18. The van der Waals surface area contributed by atoms with E-state index in [9.17, 15) is 0 Å². The third-order valence-corrected chi connectivity index (χ3v) is 2.73. The molecule has 5 heteroatoms. The van der Waals surface area contributed by atoms with Gasteiger partial charge in [0.25, 0.3) is 0 Å². The first-order valence-electron chi connectivity index (χ1n) is 4.38. The van der Waals surface area contributed by atoms with Gasteiger partial charge < -0.3 is 5.73 Å². The monoisotopic (exact) mass is 241 g/mol. The Labute approximate surface area is 97.4 Å². The highest BCUT2D eigenvalue weighted by molar-refractivity contribution is 6.42. The molecule has 0 fully saturated rings. The van der Waals surface area contributed by atoms with Gasteiger partial charge in [-0.2, -0.15) is 5.10 Å². The van der Waals surface area contributed by atoms with Crippen LogP contribution in [0.5, 0.6) is 0 Å². The number of nitrogen functional groups attached to an aromatic ring is 1. The van der Waals surface area contributed by atoms with E-state index in [4.69, 9.17) is 28.9 Å². The first-order chi connectivity index (χ1) is 7.15. The molecule has 0 aliphatic heterocycles. The van der Waals surface area contributed by atoms with Crippen molar-refractivity contribution in [2.24, 2.45) is 0 Å². The van der Waals surface area contributed by atoms with Crippen molar-refractivity contribution < 1.29 is 0 Å². The quantitative estimate of drug-likeness (QED) is 0.879. The molecule has 15 heavy (non-hydrogen) atoms. The fraction of sp³-hybridized carbons (Fsp3) is 0.100. The third-order valence-electron chi connectivity index (χ3n) is 1.99. The maximum Gasteiger partial charge on any atom is 0.145 e. The van der Waals surface area contributed by atoms with E-state index in [2.05, 4.69) is 5.10 Å². The minimum atomic E-state index is 0.509. The van der Waals surface area contributed by atoms with E-state index in [0.717, 1.165) is 5.56 Å². The van der Waals surface area contributed by atoms with Crippen molar-refractivity contribution in [1.82, 2.24) is 9.78 Å². The summed E-state index contributed by atoms with van der Waals surface area (Å²) in [4.78, 5) is 0. The first kappa shape index (κ1) is 10.3. The van der Waals surface area contributed by atoms with Crippen LogP contribution in [0.1, 0.15) is 5.56 Å². The van der Waals surface area contributed by atoms with Gasteiger partial charge in [0.1, 0.15) is 5.82 Å². The van der Waals surface area contributed by atoms with E-state index in [0.29, 0.717) is 22.4 Å². The predicted molar refractivity (Wildman–Crippen MR) is 62.2 cm³/mol. The molecule has 1 heterocycles. The zero-order valence-electron chi connectivity index (χ0n) is 7.82. The Hall–Kier alpha value is -1.19. The van der Waals surface area contributed by atoms with Crippen LogP contribution in [0.3, 0.4) is 0 Å². The second-order valence-corrected chi connectivity index (χ2v) is 4.00. The number of anilines is 1. The van der Waals surface area contributed by atoms with Gasteiger partial charge in [0, 0.05) is 6.20 Å². The molecule has 2 aromatic rings. The Balaban J connectivity index is 2.21. The van der Waals surface area contributed by atoms with Crippen LogP contribution in [0.15, 0.2) is 30.5 Å². The second kappa shape index (κ2) is 4.13. The van der Waals surface area contributed by atoms with Crippen molar-refractivity contribution in [2.75, 3.05) is 5.73 Å². The molecule has 0 amide bonds. The number of nitrogens with zero attached hydrogens (tertiary/aromatic N) is 2. The van der Waals surface area contributed by atoms with Crippen molar-refractivity contribution in [2.45, 2.75) is 6.54 Å². The van der Waals surface area contributed by atoms with Crippen LogP contribution in [0.2, 0.25) is 10.0 Å². The van der Waals surface area contributed by atoms with Gasteiger partial charge >= 0.3 is 0 Å². The summed E-state index contributed by atoms with van der Waals surface area (Å²) >= 11 is 11.7. The first-order valence-corrected chi connectivity index (χ1v) is 5.13. The Morgan fingerprint density at radius 2 is 2.00 bits per heavy atom. The molecule has 0 aliphatic rings. The van der Waals surface area contributed by atoms with Crippen LogP contribution in [0.25, 0.3) is 0 Å². The number of hydrogen-bond donors (Lipinski definition) is 1. The Morgan fingerprint density at radius 1 is 1.20 bits per heavy atom. The van der Waals surface area contributed by atoms with E-state index in [1.165, 1.54) is 0 Å². The predicted octanol–water partition coefficient (Wildman–Crippen LogP) is 2.82. The lowest BCUT2D eigenvalue weighted by atomic mass is 10.2. The smallest absolute Gasteiger partial charge is 0.145 e. The van der Waals surface area contributed by atoms with Gasteiger partial charge in [-0.25, -0.2) is 0 Å². The molecule has 0 bridgehead atoms. The van der Waals surface area contributed by atoms with Gasteiger partial charge in [-0.15, -0.1) is 0 Å². The largest absolute Gasteiger partial charge is 0.382 e. The van der Waals surface area contributed by atoms with Crippen LogP contribution in [0, 0.1) is 0 Å². The van der Waals surface area contributed by atoms with Crippen LogP contribution >= 0.6 is 23.2 Å². The zero-order chi connectivity index (χ0) is 10.8. The van der Waals surface area contributed by atoms with Crippen molar-refractivity contribution in [1.29, 1.82) is 0 Å². The second-order valence-electron chi connectivity index (χ2n) is 3.19. The van der Waals surface area contributed by atoms with Crippen molar-refractivity contribution in [3.8, 4) is 0 Å². The summed E-state index contributed by atoms with van der Waals surface area (Å²) in [6.07, 6.45) is 1.82. The van der Waals surface area contributed by atoms with E-state index in [-0.39, 0.29) is 0 Å². The number of hydrogen-bond acceptors (Lipinski definition) is 2. The molecule has 3 nitrogen and oxygen atoms in total. The number of aromatic nitrogens is 2. The van der Waals surface area contributed by atoms with Gasteiger partial charge in [0.15, 0.2) is 0 Å². The number of nitrogens with two attached hydrogens (primary N) is 1. The van der Waals surface area contributed by atoms with Gasteiger partial charge in [-0.1, -0.05) is 29.3 Å². The van der Waals surface area contributed by atoms with Crippen LogP contribution in [0.4, 0.5) is 5.82 Å². The van der Waals surface area contributed by atoms with Gasteiger partial charge in [-0.3, -0.25) is 4.68 Å². The van der Waals surface area contributed by atoms with Gasteiger partial charge in [0.05, 0.1) is 16.6 Å². The molecule has 0 radical (unpaired) electrons. The number of halogens is 2. The van der Waals surface area contributed by atoms with Gasteiger partial charge in [-0.05, 0) is 23.8 Å². The zero-order valence-corrected chi connectivity index (χ0v) is 9.33. The normalized spacial score (nSPS) is 10.5. The molecule has 78 valence electrons. The molecular formula is C10H9Cl2N3. The van der Waals surface area contributed by atoms with E-state index in [1.807, 2.05) is 18.3 Å². The third kappa shape index (κ3) is 2.43. The number of benzene rings is 1. The molecular weight excluding hydrogens is 233 g/mol. The molecule has 1 aromatic heterocycles. The summed E-state index contributed by atoms with van der Waals surface area (Å²) in [5.74, 6) is 0.509. The average Bonchev–Trinajstić information content (AvgIpc) is 2.58. The Morgan fingerprint density at radius 3 is 2.60 bits per heavy atom. The van der Waals surface area contributed by atoms with Crippen LogP contribution < -0.4 is 5.73 Å². The highest BCUT2D eigenvalue weighted by Gasteiger charge is 2.01. The molecule has 1 aromatic carbocycles. The lowest BCUT2D eigenvalue weighted by Crippen LogP contribution is -2.01. The summed E-state index contributed by atoms with van der Waals surface area (Å²) in [5.41, 5.74) is 6.54. The molecule has 0 atom stereocenters. The highest BCUT2D eigenvalue weighted by atomic mass is 35.5. The van der Waals surface area contributed by atoms with Crippen LogP contribution in [-0.4, -0.2) is 9.78 Å². The topological polar surface area (TPSA) is 43.8 Å². The molecule has 0 saturated carbocycles.